The van der Waals surface area contributed by atoms with Crippen LogP contribution in [-0.4, -0.2) is 65.9 Å². The van der Waals surface area contributed by atoms with Crippen molar-refractivity contribution < 1.29 is 19.1 Å². The number of nitrogens with zero attached hydrogens (tertiary/aromatic N) is 2. The second kappa shape index (κ2) is 8.22. The maximum Gasteiger partial charge on any atom is 0.255 e. The van der Waals surface area contributed by atoms with Gasteiger partial charge in [0.05, 0.1) is 6.10 Å². The van der Waals surface area contributed by atoms with Crippen molar-refractivity contribution >= 4 is 17.7 Å². The van der Waals surface area contributed by atoms with E-state index in [0.29, 0.717) is 31.6 Å². The topological polar surface area (TPSA) is 105 Å². The van der Waals surface area contributed by atoms with Crippen LogP contribution in [0.5, 0.6) is 0 Å². The Labute approximate surface area is 170 Å². The van der Waals surface area contributed by atoms with E-state index in [4.69, 9.17) is 10.5 Å². The molecule has 1 aromatic rings. The molecule has 8 heteroatoms. The van der Waals surface area contributed by atoms with Crippen LogP contribution in [0.25, 0.3) is 0 Å². The average Bonchev–Trinajstić information content (AvgIpc) is 3.05. The lowest BCUT2D eigenvalue weighted by molar-refractivity contribution is -0.136. The fourth-order valence-electron chi connectivity index (χ4n) is 4.77. The molecule has 4 rings (SSSR count). The number of nitrogens with one attached hydrogen (secondary N) is 1. The Bertz CT molecular complexity index is 827. The molecule has 3 heterocycles. The smallest absolute Gasteiger partial charge is 0.255 e. The van der Waals surface area contributed by atoms with Gasteiger partial charge >= 0.3 is 0 Å². The zero-order valence-electron chi connectivity index (χ0n) is 16.7. The molecule has 0 saturated carbocycles. The summed E-state index contributed by atoms with van der Waals surface area (Å²) in [6.45, 7) is 2.47. The summed E-state index contributed by atoms with van der Waals surface area (Å²) in [7, 11) is 1.74. The first kappa shape index (κ1) is 20.0. The van der Waals surface area contributed by atoms with Gasteiger partial charge in [-0.05, 0) is 30.4 Å². The van der Waals surface area contributed by atoms with E-state index < -0.39 is 6.04 Å². The van der Waals surface area contributed by atoms with E-state index in [2.05, 4.69) is 10.2 Å². The summed E-state index contributed by atoms with van der Waals surface area (Å²) in [6.07, 6.45) is 2.69. The highest BCUT2D eigenvalue weighted by molar-refractivity contribution is 6.05. The number of amides is 3. The van der Waals surface area contributed by atoms with Crippen LogP contribution in [0.4, 0.5) is 0 Å². The maximum absolute atomic E-state index is 13.2. The number of likely N-dealkylation sites (tertiary alicyclic amines) is 1. The van der Waals surface area contributed by atoms with E-state index in [1.165, 1.54) is 0 Å². The fourth-order valence-corrected chi connectivity index (χ4v) is 4.77. The molecule has 1 unspecified atom stereocenters. The lowest BCUT2D eigenvalue weighted by atomic mass is 9.96. The molecule has 3 atom stereocenters. The minimum Gasteiger partial charge on any atom is -0.381 e. The second-order valence-electron chi connectivity index (χ2n) is 8.09. The van der Waals surface area contributed by atoms with Crippen molar-refractivity contribution in [2.75, 3.05) is 20.2 Å². The Morgan fingerprint density at radius 1 is 1.24 bits per heavy atom. The van der Waals surface area contributed by atoms with Crippen LogP contribution in [-0.2, 0) is 27.4 Å². The van der Waals surface area contributed by atoms with Crippen LogP contribution in [0.2, 0.25) is 0 Å². The molecule has 156 valence electrons. The number of carbonyl (C=O) groups excluding carboxylic acids is 3. The molecule has 8 nitrogen and oxygen atoms in total. The SMILES string of the molecule is CO[C@@H]1CCN(Cc2cccc3c2C(=O)N(C2CCC(=O)NC2=O)C3)[C@H](CN)C1. The number of fused-ring (bicyclic) bond motifs is 1. The number of benzene rings is 1. The molecule has 0 radical (unpaired) electrons. The van der Waals surface area contributed by atoms with E-state index in [9.17, 15) is 14.4 Å². The first-order valence-corrected chi connectivity index (χ1v) is 10.2. The second-order valence-corrected chi connectivity index (χ2v) is 8.09. The number of carbonyl (C=O) groups is 3. The predicted molar refractivity (Wildman–Crippen MR) is 106 cm³/mol. The van der Waals surface area contributed by atoms with Gasteiger partial charge in [0.2, 0.25) is 11.8 Å². The normalized spacial score (nSPS) is 27.9. The highest BCUT2D eigenvalue weighted by atomic mass is 16.5. The molecule has 2 fully saturated rings. The fraction of sp³-hybridized carbons (Fsp3) is 0.571. The summed E-state index contributed by atoms with van der Waals surface area (Å²) in [6, 6.07) is 5.53. The van der Waals surface area contributed by atoms with Crippen molar-refractivity contribution in [1.82, 2.24) is 15.1 Å². The molecule has 2 saturated heterocycles. The number of methoxy groups -OCH3 is 1. The molecule has 3 N–H and O–H groups in total. The van der Waals surface area contributed by atoms with E-state index >= 15 is 0 Å². The Hall–Kier alpha value is -2.29. The van der Waals surface area contributed by atoms with Crippen molar-refractivity contribution in [3.05, 3.63) is 34.9 Å². The number of ether oxygens (including phenoxy) is 1. The van der Waals surface area contributed by atoms with Gasteiger partial charge in [0, 0.05) is 51.3 Å². The minimum absolute atomic E-state index is 0.124. The van der Waals surface area contributed by atoms with Crippen molar-refractivity contribution in [2.45, 2.75) is 57.0 Å². The lowest BCUT2D eigenvalue weighted by Gasteiger charge is -2.38. The van der Waals surface area contributed by atoms with Crippen molar-refractivity contribution in [3.8, 4) is 0 Å². The van der Waals surface area contributed by atoms with Gasteiger partial charge in [0.15, 0.2) is 0 Å². The number of imide groups is 1. The van der Waals surface area contributed by atoms with E-state index in [1.807, 2.05) is 18.2 Å². The van der Waals surface area contributed by atoms with Crippen molar-refractivity contribution in [3.63, 3.8) is 0 Å². The molecule has 0 bridgehead atoms. The summed E-state index contributed by atoms with van der Waals surface area (Å²) in [5, 5.41) is 2.35. The summed E-state index contributed by atoms with van der Waals surface area (Å²) < 4.78 is 5.51. The number of hydrogen-bond acceptors (Lipinski definition) is 6. The van der Waals surface area contributed by atoms with Gasteiger partial charge in [-0.15, -0.1) is 0 Å². The molecule has 3 amide bonds. The van der Waals surface area contributed by atoms with Crippen LogP contribution in [0.1, 0.15) is 47.2 Å². The van der Waals surface area contributed by atoms with Crippen LogP contribution in [0.15, 0.2) is 18.2 Å². The zero-order chi connectivity index (χ0) is 20.5. The number of hydrogen-bond donors (Lipinski definition) is 2. The molecule has 0 spiro atoms. The Kier molecular flexibility index (Phi) is 5.67. The summed E-state index contributed by atoms with van der Waals surface area (Å²) in [5.74, 6) is -0.779. The molecular formula is C21H28N4O4. The van der Waals surface area contributed by atoms with E-state index in [1.54, 1.807) is 12.0 Å². The maximum atomic E-state index is 13.2. The van der Waals surface area contributed by atoms with Crippen molar-refractivity contribution in [1.29, 1.82) is 0 Å². The molecule has 3 aliphatic heterocycles. The molecule has 0 aliphatic carbocycles. The summed E-state index contributed by atoms with van der Waals surface area (Å²) in [4.78, 5) is 40.9. The third-order valence-corrected chi connectivity index (χ3v) is 6.41. The number of piperidine rings is 2. The third-order valence-electron chi connectivity index (χ3n) is 6.41. The molecule has 29 heavy (non-hydrogen) atoms. The lowest BCUT2D eigenvalue weighted by Crippen LogP contribution is -2.52. The van der Waals surface area contributed by atoms with E-state index in [0.717, 1.165) is 30.5 Å². The van der Waals surface area contributed by atoms with Gasteiger partial charge < -0.3 is 15.4 Å². The highest BCUT2D eigenvalue weighted by Crippen LogP contribution is 2.31. The Morgan fingerprint density at radius 3 is 2.79 bits per heavy atom. The first-order chi connectivity index (χ1) is 14.0. The van der Waals surface area contributed by atoms with Crippen molar-refractivity contribution in [2.24, 2.45) is 5.73 Å². The number of rotatable bonds is 5. The average molecular weight is 400 g/mol. The summed E-state index contributed by atoms with van der Waals surface area (Å²) in [5.41, 5.74) is 8.61. The molecule has 0 aromatic heterocycles. The third kappa shape index (κ3) is 3.80. The highest BCUT2D eigenvalue weighted by Gasteiger charge is 2.40. The Balaban J connectivity index is 1.53. The zero-order valence-corrected chi connectivity index (χ0v) is 16.7. The van der Waals surface area contributed by atoms with Gasteiger partial charge in [-0.3, -0.25) is 24.6 Å². The predicted octanol–water partition coefficient (Wildman–Crippen LogP) is 0.386. The molecular weight excluding hydrogens is 372 g/mol. The van der Waals surface area contributed by atoms with Gasteiger partial charge in [0.1, 0.15) is 6.04 Å². The van der Waals surface area contributed by atoms with Gasteiger partial charge in [0.25, 0.3) is 5.91 Å². The largest absolute Gasteiger partial charge is 0.381 e. The Morgan fingerprint density at radius 2 is 2.07 bits per heavy atom. The van der Waals surface area contributed by atoms with Crippen LogP contribution < -0.4 is 11.1 Å². The minimum atomic E-state index is -0.588. The van der Waals surface area contributed by atoms with Crippen LogP contribution >= 0.6 is 0 Å². The molecule has 3 aliphatic rings. The summed E-state index contributed by atoms with van der Waals surface area (Å²) >= 11 is 0. The van der Waals surface area contributed by atoms with Gasteiger partial charge in [-0.2, -0.15) is 0 Å². The van der Waals surface area contributed by atoms with Gasteiger partial charge in [-0.25, -0.2) is 0 Å². The van der Waals surface area contributed by atoms with Crippen LogP contribution in [0.3, 0.4) is 0 Å². The van der Waals surface area contributed by atoms with E-state index in [-0.39, 0.29) is 36.3 Å². The van der Waals surface area contributed by atoms with Gasteiger partial charge in [-0.1, -0.05) is 18.2 Å². The quantitative estimate of drug-likeness (QED) is 0.693. The number of nitrogens with two attached hydrogens (primary N) is 1. The van der Waals surface area contributed by atoms with Crippen LogP contribution in [0, 0.1) is 0 Å². The molecule has 1 aromatic carbocycles. The standard InChI is InChI=1S/C21H28N4O4/c1-29-16-7-8-24(15(9-16)10-22)11-13-3-2-4-14-12-25(21(28)19(13)14)17-5-6-18(26)23-20(17)27/h2-4,15-17H,5-12,22H2,1H3,(H,23,26,27)/t15-,16+,17?/m0/s1. The first-order valence-electron chi connectivity index (χ1n) is 10.2. The monoisotopic (exact) mass is 400 g/mol.